The number of fused-ring (bicyclic) bond motifs is 1. The van der Waals surface area contributed by atoms with Gasteiger partial charge in [-0.25, -0.2) is 0 Å². The van der Waals surface area contributed by atoms with Crippen LogP contribution in [0.5, 0.6) is 5.75 Å². The standard InChI is InChI=1S/C10H9IO2/c11-9-3-4-10(13)7-2-1-6(12)5-8(7)9/h3-4,13H,1-2,5H2. The number of ketones is 1. The first-order chi connectivity index (χ1) is 6.18. The van der Waals surface area contributed by atoms with Crippen molar-refractivity contribution in [2.45, 2.75) is 19.3 Å². The Morgan fingerprint density at radius 1 is 1.23 bits per heavy atom. The lowest BCUT2D eigenvalue weighted by Crippen LogP contribution is -2.14. The molecule has 0 unspecified atom stereocenters. The highest BCUT2D eigenvalue weighted by atomic mass is 127. The fourth-order valence-corrected chi connectivity index (χ4v) is 2.37. The van der Waals surface area contributed by atoms with Crippen LogP contribution in [0.2, 0.25) is 0 Å². The maximum Gasteiger partial charge on any atom is 0.137 e. The second kappa shape index (κ2) is 3.29. The van der Waals surface area contributed by atoms with E-state index in [2.05, 4.69) is 22.6 Å². The SMILES string of the molecule is O=C1CCc2c(O)ccc(I)c2C1. The molecule has 0 aromatic heterocycles. The van der Waals surface area contributed by atoms with Crippen molar-refractivity contribution in [3.8, 4) is 5.75 Å². The third-order valence-electron chi connectivity index (χ3n) is 2.38. The molecule has 0 fully saturated rings. The number of aromatic hydroxyl groups is 1. The summed E-state index contributed by atoms with van der Waals surface area (Å²) in [5.41, 5.74) is 1.99. The Labute approximate surface area is 90.1 Å². The summed E-state index contributed by atoms with van der Waals surface area (Å²) >= 11 is 2.21. The molecule has 1 aromatic carbocycles. The van der Waals surface area contributed by atoms with E-state index < -0.39 is 0 Å². The van der Waals surface area contributed by atoms with Crippen LogP contribution in [-0.2, 0) is 17.6 Å². The van der Waals surface area contributed by atoms with Gasteiger partial charge in [-0.3, -0.25) is 4.79 Å². The highest BCUT2D eigenvalue weighted by Gasteiger charge is 2.20. The van der Waals surface area contributed by atoms with Gasteiger partial charge in [-0.1, -0.05) is 0 Å². The molecule has 0 saturated carbocycles. The van der Waals surface area contributed by atoms with Gasteiger partial charge in [-0.15, -0.1) is 0 Å². The van der Waals surface area contributed by atoms with Gasteiger partial charge in [0.05, 0.1) is 0 Å². The van der Waals surface area contributed by atoms with Gasteiger partial charge in [-0.2, -0.15) is 0 Å². The molecular weight excluding hydrogens is 279 g/mol. The first-order valence-electron chi connectivity index (χ1n) is 4.19. The van der Waals surface area contributed by atoms with Crippen LogP contribution in [0.25, 0.3) is 0 Å². The van der Waals surface area contributed by atoms with Crippen molar-refractivity contribution in [1.29, 1.82) is 0 Å². The minimum Gasteiger partial charge on any atom is -0.508 e. The lowest BCUT2D eigenvalue weighted by molar-refractivity contribution is -0.118. The van der Waals surface area contributed by atoms with E-state index in [-0.39, 0.29) is 5.78 Å². The van der Waals surface area contributed by atoms with Gasteiger partial charge >= 0.3 is 0 Å². The van der Waals surface area contributed by atoms with E-state index in [0.29, 0.717) is 25.0 Å². The number of hydrogen-bond acceptors (Lipinski definition) is 2. The molecule has 0 spiro atoms. The molecule has 0 radical (unpaired) electrons. The molecule has 0 aliphatic heterocycles. The molecule has 2 nitrogen and oxygen atoms in total. The number of carbonyl (C=O) groups is 1. The lowest BCUT2D eigenvalue weighted by Gasteiger charge is -2.17. The van der Waals surface area contributed by atoms with Gasteiger partial charge in [0.15, 0.2) is 0 Å². The zero-order valence-electron chi connectivity index (χ0n) is 7.01. The predicted octanol–water partition coefficient (Wildman–Crippen LogP) is 2.05. The van der Waals surface area contributed by atoms with Crippen LogP contribution in [-0.4, -0.2) is 10.9 Å². The Balaban J connectivity index is 2.57. The molecule has 0 amide bonds. The number of phenols is 1. The molecule has 1 aromatic rings. The molecule has 68 valence electrons. The molecule has 0 saturated heterocycles. The Morgan fingerprint density at radius 3 is 2.77 bits per heavy atom. The van der Waals surface area contributed by atoms with Crippen LogP contribution in [0.3, 0.4) is 0 Å². The third kappa shape index (κ3) is 1.57. The molecule has 1 N–H and O–H groups in total. The minimum atomic E-state index is 0.274. The summed E-state index contributed by atoms with van der Waals surface area (Å²) in [6, 6.07) is 3.56. The van der Waals surface area contributed by atoms with Gasteiger partial charge < -0.3 is 5.11 Å². The molecule has 1 aliphatic carbocycles. The Kier molecular flexibility index (Phi) is 2.27. The first-order valence-corrected chi connectivity index (χ1v) is 5.27. The lowest BCUT2D eigenvalue weighted by atomic mass is 9.90. The van der Waals surface area contributed by atoms with Gasteiger partial charge in [-0.05, 0) is 52.3 Å². The number of hydrogen-bond donors (Lipinski definition) is 1. The van der Waals surface area contributed by atoms with Crippen molar-refractivity contribution < 1.29 is 9.90 Å². The molecule has 13 heavy (non-hydrogen) atoms. The number of halogens is 1. The second-order valence-corrected chi connectivity index (χ2v) is 4.40. The van der Waals surface area contributed by atoms with E-state index in [1.54, 1.807) is 6.07 Å². The zero-order valence-corrected chi connectivity index (χ0v) is 9.17. The Hall–Kier alpha value is -0.580. The molecule has 0 bridgehead atoms. The van der Waals surface area contributed by atoms with Crippen LogP contribution in [0, 0.1) is 3.57 Å². The van der Waals surface area contributed by atoms with E-state index >= 15 is 0 Å². The van der Waals surface area contributed by atoms with Crippen LogP contribution in [0.4, 0.5) is 0 Å². The van der Waals surface area contributed by atoms with Crippen molar-refractivity contribution in [3.63, 3.8) is 0 Å². The summed E-state index contributed by atoms with van der Waals surface area (Å²) in [7, 11) is 0. The topological polar surface area (TPSA) is 37.3 Å². The van der Waals surface area contributed by atoms with E-state index in [1.165, 1.54) is 0 Å². The van der Waals surface area contributed by atoms with Gasteiger partial charge in [0.25, 0.3) is 0 Å². The van der Waals surface area contributed by atoms with E-state index in [4.69, 9.17) is 0 Å². The first kappa shape index (κ1) is 8.99. The maximum absolute atomic E-state index is 11.2. The largest absolute Gasteiger partial charge is 0.508 e. The zero-order chi connectivity index (χ0) is 9.42. The molecule has 3 heteroatoms. The quantitative estimate of drug-likeness (QED) is 0.742. The van der Waals surface area contributed by atoms with Crippen LogP contribution >= 0.6 is 22.6 Å². The predicted molar refractivity (Wildman–Crippen MR) is 57.9 cm³/mol. The molecular formula is C10H9IO2. The van der Waals surface area contributed by atoms with Gasteiger partial charge in [0.1, 0.15) is 11.5 Å². The van der Waals surface area contributed by atoms with Crippen LogP contribution in [0.15, 0.2) is 12.1 Å². The summed E-state index contributed by atoms with van der Waals surface area (Å²) in [5.74, 6) is 0.610. The normalized spacial score (nSPS) is 15.6. The van der Waals surface area contributed by atoms with Crippen molar-refractivity contribution in [1.82, 2.24) is 0 Å². The average molecular weight is 288 g/mol. The number of Topliss-reactive ketones (excluding diaryl/α,β-unsaturated/α-hetero) is 1. The number of benzene rings is 1. The Morgan fingerprint density at radius 2 is 2.00 bits per heavy atom. The maximum atomic E-state index is 11.2. The van der Waals surface area contributed by atoms with Crippen molar-refractivity contribution in [2.24, 2.45) is 0 Å². The molecule has 0 atom stereocenters. The fraction of sp³-hybridized carbons (Fsp3) is 0.300. The highest BCUT2D eigenvalue weighted by molar-refractivity contribution is 14.1. The molecule has 1 aliphatic rings. The van der Waals surface area contributed by atoms with E-state index in [1.807, 2.05) is 6.07 Å². The summed E-state index contributed by atoms with van der Waals surface area (Å²) in [5, 5.41) is 9.55. The average Bonchev–Trinajstić information content (AvgIpc) is 2.12. The highest BCUT2D eigenvalue weighted by Crippen LogP contribution is 2.30. The van der Waals surface area contributed by atoms with E-state index in [9.17, 15) is 9.90 Å². The number of rotatable bonds is 0. The van der Waals surface area contributed by atoms with Crippen molar-refractivity contribution in [3.05, 3.63) is 26.8 Å². The molecule has 2 rings (SSSR count). The minimum absolute atomic E-state index is 0.274. The summed E-state index contributed by atoms with van der Waals surface area (Å²) in [4.78, 5) is 11.2. The summed E-state index contributed by atoms with van der Waals surface area (Å²) < 4.78 is 1.08. The smallest absolute Gasteiger partial charge is 0.137 e. The summed E-state index contributed by atoms with van der Waals surface area (Å²) in [6.07, 6.45) is 1.75. The van der Waals surface area contributed by atoms with Crippen LogP contribution < -0.4 is 0 Å². The molecule has 0 heterocycles. The van der Waals surface area contributed by atoms with Crippen molar-refractivity contribution >= 4 is 28.4 Å². The van der Waals surface area contributed by atoms with Gasteiger partial charge in [0.2, 0.25) is 0 Å². The van der Waals surface area contributed by atoms with E-state index in [0.717, 1.165) is 14.7 Å². The second-order valence-electron chi connectivity index (χ2n) is 3.24. The fourth-order valence-electron chi connectivity index (χ4n) is 1.67. The third-order valence-corrected chi connectivity index (χ3v) is 3.39. The van der Waals surface area contributed by atoms with Crippen LogP contribution in [0.1, 0.15) is 17.5 Å². The number of phenolic OH excluding ortho intramolecular Hbond substituents is 1. The monoisotopic (exact) mass is 288 g/mol. The summed E-state index contributed by atoms with van der Waals surface area (Å²) in [6.45, 7) is 0. The number of carbonyl (C=O) groups excluding carboxylic acids is 1. The Bertz CT molecular complexity index is 371. The van der Waals surface area contributed by atoms with Crippen molar-refractivity contribution in [2.75, 3.05) is 0 Å². The van der Waals surface area contributed by atoms with Gasteiger partial charge in [0, 0.05) is 16.4 Å².